The van der Waals surface area contributed by atoms with Gasteiger partial charge in [0.15, 0.2) is 11.6 Å². The predicted molar refractivity (Wildman–Crippen MR) is 431 cm³/mol. The lowest BCUT2D eigenvalue weighted by Crippen LogP contribution is -2.68. The van der Waals surface area contributed by atoms with Crippen LogP contribution in [0.1, 0.15) is 158 Å². The van der Waals surface area contributed by atoms with E-state index in [1.165, 1.54) is 0 Å². The third-order valence-electron chi connectivity index (χ3n) is 27.9. The number of aromatic nitrogens is 6. The molecule has 28 heteroatoms. The van der Waals surface area contributed by atoms with Gasteiger partial charge in [-0.2, -0.15) is 0 Å². The summed E-state index contributed by atoms with van der Waals surface area (Å²) in [5, 5.41) is 53.1. The Balaban J connectivity index is 0.000000165. The third-order valence-corrected chi connectivity index (χ3v) is 29.4. The van der Waals surface area contributed by atoms with Gasteiger partial charge in [0, 0.05) is 161 Å². The fourth-order valence-electron chi connectivity index (χ4n) is 22.0. The smallest absolute Gasteiger partial charge is 0.309 e. The maximum Gasteiger partial charge on any atom is 0.309 e. The van der Waals surface area contributed by atoms with Crippen molar-refractivity contribution in [1.82, 2.24) is 49.5 Å². The number of pyridine rings is 2. The Hall–Kier alpha value is -8.98. The summed E-state index contributed by atoms with van der Waals surface area (Å²) in [6, 6.07) is 26.1. The van der Waals surface area contributed by atoms with Gasteiger partial charge in [-0.15, -0.1) is 0 Å². The van der Waals surface area contributed by atoms with Crippen LogP contribution in [0.5, 0.6) is 11.5 Å². The Bertz CT molecular complexity index is 4950. The summed E-state index contributed by atoms with van der Waals surface area (Å²) < 4.78 is 15.3. The van der Waals surface area contributed by atoms with Gasteiger partial charge in [0.05, 0.1) is 90.1 Å². The number of carbonyl (C=O) groups excluding carboxylic acids is 2. The molecule has 10 aliphatic carbocycles. The molecule has 10 saturated carbocycles. The number of carboxylic acid groups (broad SMARTS) is 4. The zero-order valence-corrected chi connectivity index (χ0v) is 67.2. The number of amides is 2. The number of methoxy groups -OCH3 is 2. The number of carboxylic acids is 4. The van der Waals surface area contributed by atoms with E-state index in [4.69, 9.17) is 65.8 Å². The molecule has 0 unspecified atom stereocenters. The van der Waals surface area contributed by atoms with Crippen molar-refractivity contribution in [2.45, 2.75) is 142 Å². The van der Waals surface area contributed by atoms with Gasteiger partial charge in [-0.25, -0.2) is 9.97 Å². The summed E-state index contributed by atoms with van der Waals surface area (Å²) in [6.45, 7) is 7.34. The Morgan fingerprint density at radius 1 is 0.456 bits per heavy atom. The molecule has 8 N–H and O–H groups in total. The number of hydrogen-bond donors (Lipinski definition) is 8. The number of carbonyl (C=O) groups is 6. The highest BCUT2D eigenvalue weighted by atomic mass is 35.5. The summed E-state index contributed by atoms with van der Waals surface area (Å²) in [5.74, 6) is -1.41. The highest BCUT2D eigenvalue weighted by Crippen LogP contribution is 2.74. The first kappa shape index (κ1) is 77.6. The zero-order valence-electron chi connectivity index (χ0n) is 64.2. The van der Waals surface area contributed by atoms with Gasteiger partial charge in [0.1, 0.15) is 11.5 Å². The average molecular weight is 1630 g/mol. The van der Waals surface area contributed by atoms with E-state index in [0.717, 1.165) is 200 Å². The fourth-order valence-corrected chi connectivity index (χ4v) is 23.2. The number of imidazole rings is 2. The fraction of sp³-hybridized carbons (Fsp3) is 0.465. The van der Waals surface area contributed by atoms with E-state index in [0.29, 0.717) is 114 Å². The highest BCUT2D eigenvalue weighted by molar-refractivity contribution is 6.40. The number of fused-ring (bicyclic) bond motifs is 6. The van der Waals surface area contributed by atoms with E-state index in [9.17, 15) is 49.2 Å². The number of nitrogens with one attached hydrogen (secondary N) is 4. The van der Waals surface area contributed by atoms with Crippen molar-refractivity contribution >= 4 is 93.5 Å². The van der Waals surface area contributed by atoms with E-state index in [-0.39, 0.29) is 33.5 Å². The number of aliphatic carboxylic acids is 4. The van der Waals surface area contributed by atoms with Crippen LogP contribution in [0.2, 0.25) is 20.1 Å². The van der Waals surface area contributed by atoms with Crippen LogP contribution >= 0.6 is 46.4 Å². The van der Waals surface area contributed by atoms with Crippen LogP contribution in [0.15, 0.2) is 97.3 Å². The molecule has 0 radical (unpaired) electrons. The predicted octanol–water partition coefficient (Wildman–Crippen LogP) is 14.9. The standard InChI is InChI=1S/2C43H46Cl2N6O6/c2*1-50-31-9-15-51(24-40-10-12-42(19-40,13-11-40)38(53)54)18-30(31)48-36(50)37(52)49-29-5-3-4-27(33(29)44)28-8-14-47-35(34(28)45)25-6-7-26(32(16-25)57-2)17-46-23-41-20-43(21-41,22-41)39(55)56/h2*3-8,14,16,46H,9-13,15,17-24H2,1-2H3,(H,49,52)(H,53,54)(H,55,56). The van der Waals surface area contributed by atoms with Crippen LogP contribution < -0.4 is 30.7 Å². The van der Waals surface area contributed by atoms with Gasteiger partial charge < -0.3 is 60.3 Å². The first-order chi connectivity index (χ1) is 54.6. The van der Waals surface area contributed by atoms with Gasteiger partial charge in [-0.1, -0.05) is 94.9 Å². The topological polar surface area (TPSA) is 318 Å². The van der Waals surface area contributed by atoms with Crippen LogP contribution in [0, 0.1) is 43.3 Å². The van der Waals surface area contributed by atoms with Crippen molar-refractivity contribution in [2.75, 3.05) is 64.1 Å². The molecular weight excluding hydrogens is 1530 g/mol. The molecule has 114 heavy (non-hydrogen) atoms. The maximum atomic E-state index is 13.8. The molecule has 0 saturated heterocycles. The number of ether oxygens (including phenoxy) is 2. The minimum Gasteiger partial charge on any atom is -0.496 e. The highest BCUT2D eigenvalue weighted by Gasteiger charge is 2.72. The normalized spacial score (nSPS) is 27.0. The van der Waals surface area contributed by atoms with Crippen LogP contribution in [0.25, 0.3) is 44.8 Å². The number of rotatable bonds is 26. The summed E-state index contributed by atoms with van der Waals surface area (Å²) in [7, 11) is 6.99. The van der Waals surface area contributed by atoms with Crippen LogP contribution in [0.4, 0.5) is 11.4 Å². The molecule has 10 fully saturated rings. The Kier molecular flexibility index (Phi) is 19.8. The SMILES string of the molecule is COc1cc(-c2nccc(-c3cccc(NC(=O)c4nc5c(n4C)CCN(CC46CCC(C(=O)O)(CC4)C6)C5)c3Cl)c2Cl)ccc1CNCC12CC(C(=O)O)(C1)C2.COc1cc(-c2nccc(-c3cccc(NC(=O)c4nc5c(n4C)CCN(CC46CCC(C(=O)O)(CC4)C6)C5)c3Cl)c2Cl)ccc1CNCC12CC(C(=O)O)(C1)C2. The van der Waals surface area contributed by atoms with Gasteiger partial charge in [0.25, 0.3) is 11.8 Å². The van der Waals surface area contributed by atoms with Gasteiger partial charge >= 0.3 is 23.9 Å². The van der Waals surface area contributed by atoms with Crippen molar-refractivity contribution in [3.63, 3.8) is 0 Å². The van der Waals surface area contributed by atoms with Gasteiger partial charge in [-0.05, 0) is 161 Å². The molecule has 596 valence electrons. The number of nitrogens with zero attached hydrogens (tertiary/aromatic N) is 8. The first-order valence-electron chi connectivity index (χ1n) is 39.3. The molecule has 12 aliphatic rings. The molecule has 8 aromatic rings. The lowest BCUT2D eigenvalue weighted by atomic mass is 9.35. The molecule has 2 amide bonds. The molecule has 0 atom stereocenters. The molecule has 8 bridgehead atoms. The van der Waals surface area contributed by atoms with Crippen LogP contribution in [-0.2, 0) is 72.3 Å². The second-order valence-corrected chi connectivity index (χ2v) is 36.5. The average Bonchev–Trinajstić information content (AvgIpc) is 1.42. The van der Waals surface area contributed by atoms with Crippen LogP contribution in [0.3, 0.4) is 0 Å². The molecule has 20 rings (SSSR count). The van der Waals surface area contributed by atoms with E-state index < -0.39 is 45.5 Å². The molecule has 24 nitrogen and oxygen atoms in total. The Morgan fingerprint density at radius 2 is 0.816 bits per heavy atom. The van der Waals surface area contributed by atoms with Crippen molar-refractivity contribution in [3.05, 3.63) is 163 Å². The number of anilines is 2. The lowest BCUT2D eigenvalue weighted by Gasteiger charge is -2.68. The van der Waals surface area contributed by atoms with Gasteiger partial charge in [0.2, 0.25) is 0 Å². The Labute approximate surface area is 680 Å². The molecule has 2 aliphatic heterocycles. The monoisotopic (exact) mass is 1620 g/mol. The van der Waals surface area contributed by atoms with Crippen molar-refractivity contribution in [1.29, 1.82) is 0 Å². The van der Waals surface area contributed by atoms with E-state index in [2.05, 4.69) is 41.0 Å². The maximum absolute atomic E-state index is 13.8. The largest absolute Gasteiger partial charge is 0.496 e. The molecule has 0 spiro atoms. The minimum atomic E-state index is -0.673. The first-order valence-corrected chi connectivity index (χ1v) is 40.8. The summed E-state index contributed by atoms with van der Waals surface area (Å²) >= 11 is 28.2. The van der Waals surface area contributed by atoms with E-state index in [1.807, 2.05) is 83.9 Å². The Morgan fingerprint density at radius 3 is 1.17 bits per heavy atom. The molecule has 4 aromatic heterocycles. The zero-order chi connectivity index (χ0) is 79.8. The summed E-state index contributed by atoms with van der Waals surface area (Å²) in [5.41, 5.74) is 10.0. The van der Waals surface area contributed by atoms with Crippen molar-refractivity contribution < 1.29 is 58.7 Å². The van der Waals surface area contributed by atoms with Gasteiger partial charge in [-0.3, -0.25) is 48.5 Å². The quantitative estimate of drug-likeness (QED) is 0.0250. The van der Waals surface area contributed by atoms with Crippen molar-refractivity contribution in [3.8, 4) is 56.3 Å². The minimum absolute atomic E-state index is 0.0492. The van der Waals surface area contributed by atoms with E-state index in [1.54, 1.807) is 50.9 Å². The van der Waals surface area contributed by atoms with Crippen molar-refractivity contribution in [2.24, 2.45) is 57.4 Å². The summed E-state index contributed by atoms with van der Waals surface area (Å²) in [4.78, 5) is 98.2. The second-order valence-electron chi connectivity index (χ2n) is 35.0. The second kappa shape index (κ2) is 29.0. The molecule has 6 heterocycles. The molecular formula is C86H92Cl4N12O12. The molecule has 4 aromatic carbocycles. The lowest BCUT2D eigenvalue weighted by molar-refractivity contribution is -0.220. The number of halogens is 4. The third kappa shape index (κ3) is 13.4. The van der Waals surface area contributed by atoms with Crippen LogP contribution in [-0.4, -0.2) is 148 Å². The van der Waals surface area contributed by atoms with E-state index >= 15 is 0 Å². The number of benzene rings is 4. The summed E-state index contributed by atoms with van der Waals surface area (Å²) in [6.07, 6.45) is 17.7. The number of hydrogen-bond acceptors (Lipinski definition) is 16.